The molecule has 1 N–H and O–H groups in total. The molecule has 2 atom stereocenters. The predicted octanol–water partition coefficient (Wildman–Crippen LogP) is 2.57. The molecule has 6 nitrogen and oxygen atoms in total. The van der Waals surface area contributed by atoms with Crippen LogP contribution in [0.1, 0.15) is 30.0 Å². The van der Waals surface area contributed by atoms with Crippen LogP contribution in [0, 0.1) is 5.92 Å². The first-order valence-corrected chi connectivity index (χ1v) is 10.2. The number of hydrogen-bond donors (Lipinski definition) is 1. The van der Waals surface area contributed by atoms with E-state index in [2.05, 4.69) is 6.07 Å². The minimum Gasteiger partial charge on any atom is -0.385 e. The third-order valence-corrected chi connectivity index (χ3v) is 6.79. The molecule has 0 amide bonds. The molecule has 6 rings (SSSR count). The molecule has 148 valence electrons. The Bertz CT molecular complexity index is 1210. The SMILES string of the molecule is CCC1(O)c2cc3n(c(=O)c2CC1C1OCCO1)Cc1cc2ccccc2nc1-3. The van der Waals surface area contributed by atoms with Gasteiger partial charge in [0.05, 0.1) is 42.3 Å². The number of aromatic nitrogens is 2. The van der Waals surface area contributed by atoms with Gasteiger partial charge in [0, 0.05) is 22.4 Å². The summed E-state index contributed by atoms with van der Waals surface area (Å²) in [6.07, 6.45) is 0.491. The zero-order valence-corrected chi connectivity index (χ0v) is 16.2. The van der Waals surface area contributed by atoms with E-state index in [0.29, 0.717) is 43.7 Å². The third kappa shape index (κ3) is 2.28. The Kier molecular flexibility index (Phi) is 3.57. The quantitative estimate of drug-likeness (QED) is 0.570. The van der Waals surface area contributed by atoms with Gasteiger partial charge in [-0.05, 0) is 36.6 Å². The molecule has 0 bridgehead atoms. The van der Waals surface area contributed by atoms with Gasteiger partial charge in [0.2, 0.25) is 0 Å². The number of para-hydroxylation sites is 1. The smallest absolute Gasteiger partial charge is 0.254 e. The molecule has 0 radical (unpaired) electrons. The maximum absolute atomic E-state index is 13.4. The summed E-state index contributed by atoms with van der Waals surface area (Å²) in [5.41, 5.74) is 3.79. The summed E-state index contributed by atoms with van der Waals surface area (Å²) in [4.78, 5) is 18.3. The van der Waals surface area contributed by atoms with Crippen LogP contribution < -0.4 is 5.56 Å². The fourth-order valence-electron chi connectivity index (χ4n) is 5.27. The summed E-state index contributed by atoms with van der Waals surface area (Å²) in [7, 11) is 0. The fourth-order valence-corrected chi connectivity index (χ4v) is 5.27. The molecule has 1 aliphatic carbocycles. The monoisotopic (exact) mass is 390 g/mol. The van der Waals surface area contributed by atoms with E-state index in [0.717, 1.165) is 27.9 Å². The highest BCUT2D eigenvalue weighted by Crippen LogP contribution is 2.47. The third-order valence-electron chi connectivity index (χ3n) is 6.79. The van der Waals surface area contributed by atoms with Crippen LogP contribution in [0.2, 0.25) is 0 Å². The molecule has 3 aliphatic rings. The normalized spacial score (nSPS) is 25.4. The van der Waals surface area contributed by atoms with Crippen molar-refractivity contribution in [1.29, 1.82) is 0 Å². The van der Waals surface area contributed by atoms with Crippen molar-refractivity contribution in [3.63, 3.8) is 0 Å². The number of pyridine rings is 2. The molecule has 29 heavy (non-hydrogen) atoms. The van der Waals surface area contributed by atoms with Crippen LogP contribution in [0.5, 0.6) is 0 Å². The van der Waals surface area contributed by atoms with Crippen molar-refractivity contribution in [2.24, 2.45) is 5.92 Å². The number of benzene rings is 1. The lowest BCUT2D eigenvalue weighted by molar-refractivity contribution is -0.152. The molecule has 2 aromatic heterocycles. The van der Waals surface area contributed by atoms with Gasteiger partial charge in [-0.2, -0.15) is 0 Å². The molecule has 3 aromatic rings. The van der Waals surface area contributed by atoms with E-state index in [4.69, 9.17) is 14.5 Å². The summed E-state index contributed by atoms with van der Waals surface area (Å²) < 4.78 is 13.2. The van der Waals surface area contributed by atoms with Crippen molar-refractivity contribution in [2.75, 3.05) is 13.2 Å². The molecule has 1 fully saturated rings. The van der Waals surface area contributed by atoms with Gasteiger partial charge >= 0.3 is 0 Å². The van der Waals surface area contributed by atoms with E-state index in [1.807, 2.05) is 37.3 Å². The zero-order valence-electron chi connectivity index (χ0n) is 16.2. The van der Waals surface area contributed by atoms with Crippen molar-refractivity contribution >= 4 is 10.9 Å². The van der Waals surface area contributed by atoms with Crippen LogP contribution in [0.15, 0.2) is 41.2 Å². The number of hydrogen-bond acceptors (Lipinski definition) is 5. The van der Waals surface area contributed by atoms with Gasteiger partial charge in [-0.3, -0.25) is 4.79 Å². The van der Waals surface area contributed by atoms with Crippen molar-refractivity contribution in [3.05, 3.63) is 63.4 Å². The van der Waals surface area contributed by atoms with Crippen LogP contribution in [-0.4, -0.2) is 34.2 Å². The Labute approximate surface area is 167 Å². The van der Waals surface area contributed by atoms with Gasteiger partial charge in [-0.1, -0.05) is 25.1 Å². The summed E-state index contributed by atoms with van der Waals surface area (Å²) in [6.45, 7) is 3.51. The standard InChI is InChI=1S/C23H22N2O4/c1-2-23(27)16-11-19-20-14(9-13-5-3-4-6-18(13)24-20)12-25(19)21(26)15(16)10-17(23)22-28-7-8-29-22/h3-6,9,11,17,22,27H,2,7-8,10,12H2,1H3. The Morgan fingerprint density at radius 1 is 1.24 bits per heavy atom. The molecule has 4 heterocycles. The first-order chi connectivity index (χ1) is 14.1. The number of fused-ring (bicyclic) bond motifs is 5. The van der Waals surface area contributed by atoms with E-state index >= 15 is 0 Å². The van der Waals surface area contributed by atoms with Crippen LogP contribution in [0.3, 0.4) is 0 Å². The molecule has 0 saturated carbocycles. The summed E-state index contributed by atoms with van der Waals surface area (Å²) in [5, 5.41) is 12.7. The number of nitrogens with zero attached hydrogens (tertiary/aromatic N) is 2. The van der Waals surface area contributed by atoms with Crippen LogP contribution in [0.4, 0.5) is 0 Å². The molecule has 2 unspecified atom stereocenters. The lowest BCUT2D eigenvalue weighted by Gasteiger charge is -2.32. The maximum Gasteiger partial charge on any atom is 0.254 e. The first-order valence-electron chi connectivity index (χ1n) is 10.2. The van der Waals surface area contributed by atoms with Gasteiger partial charge in [-0.15, -0.1) is 0 Å². The van der Waals surface area contributed by atoms with Gasteiger partial charge in [0.15, 0.2) is 6.29 Å². The highest BCUT2D eigenvalue weighted by atomic mass is 16.7. The van der Waals surface area contributed by atoms with Crippen LogP contribution >= 0.6 is 0 Å². The minimum atomic E-state index is -1.14. The van der Waals surface area contributed by atoms with Crippen LogP contribution in [-0.2, 0) is 28.0 Å². The van der Waals surface area contributed by atoms with Crippen molar-refractivity contribution in [1.82, 2.24) is 9.55 Å². The van der Waals surface area contributed by atoms with E-state index in [-0.39, 0.29) is 11.5 Å². The average molecular weight is 390 g/mol. The summed E-state index contributed by atoms with van der Waals surface area (Å²) in [6, 6.07) is 12.1. The second-order valence-corrected chi connectivity index (χ2v) is 8.20. The van der Waals surface area contributed by atoms with E-state index in [1.165, 1.54) is 0 Å². The Morgan fingerprint density at radius 3 is 2.83 bits per heavy atom. The average Bonchev–Trinajstić information content (AvgIpc) is 3.44. The Balaban J connectivity index is 1.54. The maximum atomic E-state index is 13.4. The van der Waals surface area contributed by atoms with Crippen LogP contribution in [0.25, 0.3) is 22.3 Å². The highest BCUT2D eigenvalue weighted by molar-refractivity contribution is 5.84. The van der Waals surface area contributed by atoms with Gasteiger partial charge in [0.25, 0.3) is 5.56 Å². The Hall–Kier alpha value is -2.54. The zero-order chi connectivity index (χ0) is 19.8. The lowest BCUT2D eigenvalue weighted by atomic mass is 9.84. The lowest BCUT2D eigenvalue weighted by Crippen LogP contribution is -2.39. The van der Waals surface area contributed by atoms with Gasteiger partial charge < -0.3 is 19.1 Å². The topological polar surface area (TPSA) is 73.6 Å². The van der Waals surface area contributed by atoms with Gasteiger partial charge in [0.1, 0.15) is 0 Å². The molecule has 1 saturated heterocycles. The van der Waals surface area contributed by atoms with E-state index in [1.54, 1.807) is 4.57 Å². The van der Waals surface area contributed by atoms with Gasteiger partial charge in [-0.25, -0.2) is 4.98 Å². The summed E-state index contributed by atoms with van der Waals surface area (Å²) >= 11 is 0. The molecular weight excluding hydrogens is 368 g/mol. The molecule has 1 aromatic carbocycles. The van der Waals surface area contributed by atoms with Crippen molar-refractivity contribution in [2.45, 2.75) is 38.2 Å². The van der Waals surface area contributed by atoms with Crippen molar-refractivity contribution in [3.8, 4) is 11.4 Å². The Morgan fingerprint density at radius 2 is 2.03 bits per heavy atom. The number of ether oxygens (including phenoxy) is 2. The molecule has 6 heteroatoms. The minimum absolute atomic E-state index is 0.0353. The molecule has 2 aliphatic heterocycles. The number of aliphatic hydroxyl groups is 1. The van der Waals surface area contributed by atoms with E-state index in [9.17, 15) is 9.90 Å². The first kappa shape index (κ1) is 17.3. The summed E-state index contributed by atoms with van der Waals surface area (Å²) in [5.74, 6) is -0.273. The second kappa shape index (κ2) is 5.98. The predicted molar refractivity (Wildman–Crippen MR) is 108 cm³/mol. The van der Waals surface area contributed by atoms with Crippen molar-refractivity contribution < 1.29 is 14.6 Å². The molecule has 0 spiro atoms. The number of rotatable bonds is 2. The second-order valence-electron chi connectivity index (χ2n) is 8.20. The highest BCUT2D eigenvalue weighted by Gasteiger charge is 2.51. The largest absolute Gasteiger partial charge is 0.385 e. The van der Waals surface area contributed by atoms with E-state index < -0.39 is 11.9 Å². The molecular formula is C23H22N2O4. The fraction of sp³-hybridized carbons (Fsp3) is 0.391.